The average Bonchev–Trinajstić information content (AvgIpc) is 2.70. The molecule has 2 aromatic carbocycles. The summed E-state index contributed by atoms with van der Waals surface area (Å²) in [6.07, 6.45) is 1.76. The Bertz CT molecular complexity index is 958. The molecule has 29 heavy (non-hydrogen) atoms. The molecule has 0 unspecified atom stereocenters. The third-order valence-electron chi connectivity index (χ3n) is 3.82. The third kappa shape index (κ3) is 5.68. The van der Waals surface area contributed by atoms with Crippen LogP contribution in [0.25, 0.3) is 0 Å². The van der Waals surface area contributed by atoms with E-state index in [1.807, 2.05) is 44.2 Å². The van der Waals surface area contributed by atoms with E-state index in [2.05, 4.69) is 20.6 Å². The molecule has 3 rings (SSSR count). The molecule has 1 heterocycles. The van der Waals surface area contributed by atoms with Crippen molar-refractivity contribution in [2.45, 2.75) is 26.9 Å². The number of benzene rings is 2. The molecule has 150 valence electrons. The van der Waals surface area contributed by atoms with E-state index in [0.29, 0.717) is 29.6 Å². The Kier molecular flexibility index (Phi) is 6.63. The second-order valence-corrected chi connectivity index (χ2v) is 6.47. The van der Waals surface area contributed by atoms with Crippen molar-refractivity contribution in [3.63, 3.8) is 0 Å². The summed E-state index contributed by atoms with van der Waals surface area (Å²) >= 11 is 0. The van der Waals surface area contributed by atoms with Gasteiger partial charge in [-0.3, -0.25) is 0 Å². The number of nitrogens with zero attached hydrogens (tertiary/aromatic N) is 2. The van der Waals surface area contributed by atoms with E-state index in [1.54, 1.807) is 37.4 Å². The van der Waals surface area contributed by atoms with Gasteiger partial charge in [-0.15, -0.1) is 0 Å². The van der Waals surface area contributed by atoms with Gasteiger partial charge in [0.15, 0.2) is 0 Å². The lowest BCUT2D eigenvalue weighted by molar-refractivity contribution is 0.0527. The van der Waals surface area contributed by atoms with Crippen molar-refractivity contribution in [2.24, 2.45) is 0 Å². The van der Waals surface area contributed by atoms with Crippen molar-refractivity contribution in [2.75, 3.05) is 17.2 Å². The van der Waals surface area contributed by atoms with Gasteiger partial charge in [0.05, 0.1) is 24.0 Å². The van der Waals surface area contributed by atoms with Gasteiger partial charge in [-0.2, -0.15) is 4.98 Å². The summed E-state index contributed by atoms with van der Waals surface area (Å²) in [7, 11) is 0. The van der Waals surface area contributed by atoms with Gasteiger partial charge in [0.25, 0.3) is 0 Å². The lowest BCUT2D eigenvalue weighted by atomic mass is 10.2. The van der Waals surface area contributed by atoms with Crippen molar-refractivity contribution in [3.05, 3.63) is 66.4 Å². The highest BCUT2D eigenvalue weighted by molar-refractivity contribution is 5.96. The summed E-state index contributed by atoms with van der Waals surface area (Å²) in [5, 5.41) is 6.32. The minimum absolute atomic E-state index is 0.123. The number of aromatic nitrogens is 2. The fourth-order valence-electron chi connectivity index (χ4n) is 2.62. The van der Waals surface area contributed by atoms with Crippen molar-refractivity contribution in [1.82, 2.24) is 9.97 Å². The molecule has 0 saturated heterocycles. The van der Waals surface area contributed by atoms with Gasteiger partial charge in [0.2, 0.25) is 5.95 Å². The summed E-state index contributed by atoms with van der Waals surface area (Å²) in [4.78, 5) is 20.9. The molecule has 3 aromatic rings. The minimum Gasteiger partial charge on any atom is -0.491 e. The predicted octanol–water partition coefficient (Wildman–Crippen LogP) is 4.93. The zero-order valence-corrected chi connectivity index (χ0v) is 16.7. The van der Waals surface area contributed by atoms with Crippen molar-refractivity contribution in [1.29, 1.82) is 0 Å². The highest BCUT2D eigenvalue weighted by atomic mass is 16.5. The normalized spacial score (nSPS) is 10.5. The molecule has 0 bridgehead atoms. The maximum absolute atomic E-state index is 12.1. The van der Waals surface area contributed by atoms with E-state index in [-0.39, 0.29) is 12.1 Å². The zero-order chi connectivity index (χ0) is 20.6. The second-order valence-electron chi connectivity index (χ2n) is 6.47. The number of hydrogen-bond donors (Lipinski definition) is 2. The molecule has 0 atom stereocenters. The average molecular weight is 392 g/mol. The largest absolute Gasteiger partial charge is 0.491 e. The van der Waals surface area contributed by atoms with Crippen LogP contribution in [0.5, 0.6) is 5.75 Å². The first-order chi connectivity index (χ1) is 14.0. The summed E-state index contributed by atoms with van der Waals surface area (Å²) < 4.78 is 10.8. The zero-order valence-electron chi connectivity index (χ0n) is 16.7. The first kappa shape index (κ1) is 20.1. The van der Waals surface area contributed by atoms with Gasteiger partial charge >= 0.3 is 5.97 Å². The molecule has 0 fully saturated rings. The second kappa shape index (κ2) is 9.54. The lowest BCUT2D eigenvalue weighted by Gasteiger charge is -2.12. The number of esters is 1. The molecule has 0 spiro atoms. The molecular formula is C22H24N4O3. The van der Waals surface area contributed by atoms with Crippen LogP contribution < -0.4 is 15.4 Å². The number of carbonyl (C=O) groups is 1. The molecule has 2 N–H and O–H groups in total. The van der Waals surface area contributed by atoms with E-state index in [0.717, 1.165) is 11.4 Å². The molecule has 0 saturated carbocycles. The van der Waals surface area contributed by atoms with E-state index in [1.165, 1.54) is 0 Å². The molecule has 0 aliphatic carbocycles. The van der Waals surface area contributed by atoms with E-state index in [4.69, 9.17) is 9.47 Å². The van der Waals surface area contributed by atoms with Crippen molar-refractivity contribution < 1.29 is 14.3 Å². The van der Waals surface area contributed by atoms with E-state index >= 15 is 0 Å². The summed E-state index contributed by atoms with van der Waals surface area (Å²) in [5.74, 6) is 1.41. The molecule has 0 aliphatic rings. The van der Waals surface area contributed by atoms with Crippen LogP contribution in [0.15, 0.2) is 60.8 Å². The number of rotatable bonds is 8. The van der Waals surface area contributed by atoms with Gasteiger partial charge in [-0.25, -0.2) is 9.78 Å². The van der Waals surface area contributed by atoms with Gasteiger partial charge in [-0.05, 0) is 63.2 Å². The van der Waals surface area contributed by atoms with Crippen LogP contribution >= 0.6 is 0 Å². The van der Waals surface area contributed by atoms with Crippen LogP contribution in [0.2, 0.25) is 0 Å². The SMILES string of the molecule is CCOC(=O)c1ccccc1Nc1ccnc(Nc2ccc(OC(C)C)cc2)n1. The van der Waals surface area contributed by atoms with Gasteiger partial charge < -0.3 is 20.1 Å². The Hall–Kier alpha value is -3.61. The van der Waals surface area contributed by atoms with Gasteiger partial charge in [0, 0.05) is 11.9 Å². The Morgan fingerprint density at radius 3 is 2.52 bits per heavy atom. The van der Waals surface area contributed by atoms with Crippen LogP contribution in [0.3, 0.4) is 0 Å². The highest BCUT2D eigenvalue weighted by Crippen LogP contribution is 2.23. The molecular weight excluding hydrogens is 368 g/mol. The van der Waals surface area contributed by atoms with Crippen LogP contribution in [0.1, 0.15) is 31.1 Å². The Morgan fingerprint density at radius 2 is 1.79 bits per heavy atom. The van der Waals surface area contributed by atoms with Crippen LogP contribution in [-0.2, 0) is 4.74 Å². The quantitative estimate of drug-likeness (QED) is 0.526. The molecule has 7 heteroatoms. The van der Waals surface area contributed by atoms with E-state index < -0.39 is 0 Å². The fourth-order valence-corrected chi connectivity index (χ4v) is 2.62. The molecule has 1 aromatic heterocycles. The number of carbonyl (C=O) groups excluding carboxylic acids is 1. The number of anilines is 4. The summed E-state index contributed by atoms with van der Waals surface area (Å²) in [5.41, 5.74) is 1.90. The predicted molar refractivity (Wildman–Crippen MR) is 113 cm³/mol. The molecule has 0 aliphatic heterocycles. The molecule has 0 amide bonds. The summed E-state index contributed by atoms with van der Waals surface area (Å²) in [6, 6.07) is 16.4. The Labute approximate surface area is 170 Å². The van der Waals surface area contributed by atoms with E-state index in [9.17, 15) is 4.79 Å². The van der Waals surface area contributed by atoms with Gasteiger partial charge in [-0.1, -0.05) is 12.1 Å². The summed E-state index contributed by atoms with van der Waals surface area (Å²) in [6.45, 7) is 6.06. The van der Waals surface area contributed by atoms with Gasteiger partial charge in [0.1, 0.15) is 11.6 Å². The molecule has 7 nitrogen and oxygen atoms in total. The van der Waals surface area contributed by atoms with Crippen LogP contribution in [0.4, 0.5) is 23.1 Å². The smallest absolute Gasteiger partial charge is 0.340 e. The lowest BCUT2D eigenvalue weighted by Crippen LogP contribution is -2.08. The van der Waals surface area contributed by atoms with Crippen LogP contribution in [-0.4, -0.2) is 28.6 Å². The number of para-hydroxylation sites is 1. The number of hydrogen-bond acceptors (Lipinski definition) is 7. The molecule has 0 radical (unpaired) electrons. The first-order valence-corrected chi connectivity index (χ1v) is 9.45. The highest BCUT2D eigenvalue weighted by Gasteiger charge is 2.12. The maximum atomic E-state index is 12.1. The maximum Gasteiger partial charge on any atom is 0.340 e. The van der Waals surface area contributed by atoms with Crippen LogP contribution in [0, 0.1) is 0 Å². The number of ether oxygens (including phenoxy) is 2. The first-order valence-electron chi connectivity index (χ1n) is 9.45. The Morgan fingerprint density at radius 1 is 1.03 bits per heavy atom. The third-order valence-corrected chi connectivity index (χ3v) is 3.82. The minimum atomic E-state index is -0.383. The topological polar surface area (TPSA) is 85.4 Å². The Balaban J connectivity index is 1.73. The standard InChI is InChI=1S/C22H24N4O3/c1-4-28-21(27)18-7-5-6-8-19(18)25-20-13-14-23-22(26-20)24-16-9-11-17(12-10-16)29-15(2)3/h5-15H,4H2,1-3H3,(H2,23,24,25,26). The number of nitrogens with one attached hydrogen (secondary N) is 2. The monoisotopic (exact) mass is 392 g/mol. The van der Waals surface area contributed by atoms with Crippen molar-refractivity contribution in [3.8, 4) is 5.75 Å². The van der Waals surface area contributed by atoms with Crippen molar-refractivity contribution >= 4 is 29.1 Å². The fraction of sp³-hybridized carbons (Fsp3) is 0.227.